The zero-order chi connectivity index (χ0) is 21.8. The second kappa shape index (κ2) is 9.28. The largest absolute Gasteiger partial charge is 0.486 e. The quantitative estimate of drug-likeness (QED) is 0.531. The lowest BCUT2D eigenvalue weighted by atomic mass is 10.1. The van der Waals surface area contributed by atoms with Crippen molar-refractivity contribution >= 4 is 45.6 Å². The maximum absolute atomic E-state index is 13.5. The van der Waals surface area contributed by atoms with Crippen LogP contribution in [0.4, 0.5) is 21.6 Å². The molecule has 9 heteroatoms. The number of fused-ring (bicyclic) bond motifs is 1. The van der Waals surface area contributed by atoms with Crippen molar-refractivity contribution in [3.05, 3.63) is 59.7 Å². The van der Waals surface area contributed by atoms with Crippen LogP contribution in [0, 0.1) is 5.82 Å². The van der Waals surface area contributed by atoms with Crippen LogP contribution in [0.5, 0.6) is 5.75 Å². The molecule has 2 heterocycles. The SMILES string of the molecule is C/C=C/C(=O)Nc1cc2c(Nc3ccc(F)c(Cl)c3)ncnc2cc1OC1CCOC1. The molecule has 1 saturated heterocycles. The molecule has 3 aromatic rings. The minimum absolute atomic E-state index is 0.00265. The number of benzene rings is 2. The van der Waals surface area contributed by atoms with E-state index in [1.54, 1.807) is 31.2 Å². The summed E-state index contributed by atoms with van der Waals surface area (Å²) in [5.74, 6) is 0.178. The second-order valence-corrected chi connectivity index (χ2v) is 7.34. The Bertz CT molecular complexity index is 1150. The van der Waals surface area contributed by atoms with Gasteiger partial charge in [-0.3, -0.25) is 4.79 Å². The molecular formula is C22H20ClFN4O3. The van der Waals surface area contributed by atoms with E-state index < -0.39 is 5.82 Å². The van der Waals surface area contributed by atoms with E-state index in [0.29, 0.717) is 47.1 Å². The molecule has 0 radical (unpaired) electrons. The number of hydrogen-bond acceptors (Lipinski definition) is 6. The molecule has 2 N–H and O–H groups in total. The normalized spacial score (nSPS) is 16.0. The van der Waals surface area contributed by atoms with Crippen LogP contribution in [0.2, 0.25) is 5.02 Å². The Hall–Kier alpha value is -3.23. The molecule has 1 aromatic heterocycles. The van der Waals surface area contributed by atoms with Crippen LogP contribution >= 0.6 is 11.6 Å². The van der Waals surface area contributed by atoms with Crippen LogP contribution < -0.4 is 15.4 Å². The molecule has 1 unspecified atom stereocenters. The number of aromatic nitrogens is 2. The van der Waals surface area contributed by atoms with Crippen molar-refractivity contribution in [3.8, 4) is 5.75 Å². The van der Waals surface area contributed by atoms with Gasteiger partial charge in [0, 0.05) is 23.6 Å². The smallest absolute Gasteiger partial charge is 0.248 e. The molecule has 0 aliphatic carbocycles. The monoisotopic (exact) mass is 442 g/mol. The van der Waals surface area contributed by atoms with Crippen LogP contribution in [0.15, 0.2) is 48.8 Å². The van der Waals surface area contributed by atoms with E-state index in [2.05, 4.69) is 20.6 Å². The van der Waals surface area contributed by atoms with Gasteiger partial charge in [0.25, 0.3) is 0 Å². The summed E-state index contributed by atoms with van der Waals surface area (Å²) in [4.78, 5) is 20.8. The predicted octanol–water partition coefficient (Wildman–Crippen LogP) is 4.85. The average molecular weight is 443 g/mol. The van der Waals surface area contributed by atoms with E-state index in [0.717, 1.165) is 6.42 Å². The molecule has 31 heavy (non-hydrogen) atoms. The van der Waals surface area contributed by atoms with Gasteiger partial charge in [-0.05, 0) is 37.3 Å². The maximum Gasteiger partial charge on any atom is 0.248 e. The highest BCUT2D eigenvalue weighted by Gasteiger charge is 2.20. The number of amides is 1. The van der Waals surface area contributed by atoms with Gasteiger partial charge in [0.2, 0.25) is 5.91 Å². The van der Waals surface area contributed by atoms with Gasteiger partial charge in [0.15, 0.2) is 0 Å². The first kappa shape index (κ1) is 21.0. The van der Waals surface area contributed by atoms with Crippen molar-refractivity contribution in [3.63, 3.8) is 0 Å². The molecule has 0 bridgehead atoms. The molecule has 1 amide bonds. The van der Waals surface area contributed by atoms with Crippen LogP contribution in [-0.2, 0) is 9.53 Å². The van der Waals surface area contributed by atoms with Gasteiger partial charge >= 0.3 is 0 Å². The fraction of sp³-hybridized carbons (Fsp3) is 0.227. The summed E-state index contributed by atoms with van der Waals surface area (Å²) in [6, 6.07) is 7.80. The van der Waals surface area contributed by atoms with Crippen LogP contribution in [0.1, 0.15) is 13.3 Å². The van der Waals surface area contributed by atoms with Crippen molar-refractivity contribution in [2.24, 2.45) is 0 Å². The van der Waals surface area contributed by atoms with Gasteiger partial charge in [-0.15, -0.1) is 0 Å². The number of nitrogens with zero attached hydrogens (tertiary/aromatic N) is 2. The second-order valence-electron chi connectivity index (χ2n) is 6.93. The van der Waals surface area contributed by atoms with Crippen molar-refractivity contribution in [1.29, 1.82) is 0 Å². The molecule has 160 valence electrons. The number of carbonyl (C=O) groups excluding carboxylic acids is 1. The lowest BCUT2D eigenvalue weighted by Crippen LogP contribution is -2.18. The van der Waals surface area contributed by atoms with Crippen molar-refractivity contribution in [2.45, 2.75) is 19.4 Å². The first-order valence-corrected chi connectivity index (χ1v) is 10.1. The summed E-state index contributed by atoms with van der Waals surface area (Å²) in [6.07, 6.45) is 5.15. The highest BCUT2D eigenvalue weighted by molar-refractivity contribution is 6.31. The van der Waals surface area contributed by atoms with E-state index in [9.17, 15) is 9.18 Å². The fourth-order valence-electron chi connectivity index (χ4n) is 3.20. The van der Waals surface area contributed by atoms with Gasteiger partial charge in [-0.1, -0.05) is 17.7 Å². The van der Waals surface area contributed by atoms with E-state index in [-0.39, 0.29) is 17.0 Å². The fourth-order valence-corrected chi connectivity index (χ4v) is 3.38. The molecule has 1 aliphatic rings. The van der Waals surface area contributed by atoms with Crippen molar-refractivity contribution in [1.82, 2.24) is 9.97 Å². The number of nitrogens with one attached hydrogen (secondary N) is 2. The van der Waals surface area contributed by atoms with Crippen LogP contribution in [0.25, 0.3) is 10.9 Å². The van der Waals surface area contributed by atoms with E-state index in [4.69, 9.17) is 21.1 Å². The first-order valence-electron chi connectivity index (χ1n) is 9.72. The third kappa shape index (κ3) is 4.92. The molecule has 0 spiro atoms. The lowest BCUT2D eigenvalue weighted by molar-refractivity contribution is -0.111. The molecule has 0 saturated carbocycles. The predicted molar refractivity (Wildman–Crippen MR) is 118 cm³/mol. The summed E-state index contributed by atoms with van der Waals surface area (Å²) in [5, 5.41) is 6.61. The molecule has 4 rings (SSSR count). The van der Waals surface area contributed by atoms with Crippen LogP contribution in [-0.4, -0.2) is 35.2 Å². The summed E-state index contributed by atoms with van der Waals surface area (Å²) in [5.41, 5.74) is 1.66. The zero-order valence-electron chi connectivity index (χ0n) is 16.7. The minimum Gasteiger partial charge on any atom is -0.486 e. The number of hydrogen-bond donors (Lipinski definition) is 2. The van der Waals surface area contributed by atoms with Crippen molar-refractivity contribution in [2.75, 3.05) is 23.8 Å². The number of rotatable bonds is 6. The summed E-state index contributed by atoms with van der Waals surface area (Å²) >= 11 is 5.88. The van der Waals surface area contributed by atoms with Gasteiger partial charge in [0.1, 0.15) is 29.8 Å². The van der Waals surface area contributed by atoms with E-state index >= 15 is 0 Å². The number of halogens is 2. The summed E-state index contributed by atoms with van der Waals surface area (Å²) in [7, 11) is 0. The molecule has 1 aliphatic heterocycles. The number of anilines is 3. The molecular weight excluding hydrogens is 423 g/mol. The van der Waals surface area contributed by atoms with Crippen molar-refractivity contribution < 1.29 is 18.7 Å². The molecule has 7 nitrogen and oxygen atoms in total. The van der Waals surface area contributed by atoms with Gasteiger partial charge in [-0.2, -0.15) is 0 Å². The Morgan fingerprint density at radius 3 is 2.94 bits per heavy atom. The molecule has 1 atom stereocenters. The highest BCUT2D eigenvalue weighted by Crippen LogP contribution is 2.35. The summed E-state index contributed by atoms with van der Waals surface area (Å²) in [6.45, 7) is 2.88. The van der Waals surface area contributed by atoms with Gasteiger partial charge < -0.3 is 20.1 Å². The lowest BCUT2D eigenvalue weighted by Gasteiger charge is -2.17. The van der Waals surface area contributed by atoms with Crippen LogP contribution in [0.3, 0.4) is 0 Å². The Labute approximate surface area is 183 Å². The number of ether oxygens (including phenoxy) is 2. The Kier molecular flexibility index (Phi) is 6.29. The van der Waals surface area contributed by atoms with Gasteiger partial charge in [0.05, 0.1) is 29.4 Å². The number of carbonyl (C=O) groups is 1. The summed E-state index contributed by atoms with van der Waals surface area (Å²) < 4.78 is 24.9. The minimum atomic E-state index is -0.508. The van der Waals surface area contributed by atoms with E-state index in [1.165, 1.54) is 24.5 Å². The third-order valence-electron chi connectivity index (χ3n) is 4.68. The number of allylic oxidation sites excluding steroid dienone is 1. The average Bonchev–Trinajstić information content (AvgIpc) is 3.25. The van der Waals surface area contributed by atoms with Gasteiger partial charge in [-0.25, -0.2) is 14.4 Å². The highest BCUT2D eigenvalue weighted by atomic mass is 35.5. The topological polar surface area (TPSA) is 85.4 Å². The Morgan fingerprint density at radius 2 is 2.19 bits per heavy atom. The Morgan fingerprint density at radius 1 is 1.32 bits per heavy atom. The third-order valence-corrected chi connectivity index (χ3v) is 4.97. The zero-order valence-corrected chi connectivity index (χ0v) is 17.4. The standard InChI is InChI=1S/C22H20ClFN4O3/c1-2-3-21(29)28-19-9-15-18(10-20(19)31-14-6-7-30-11-14)25-12-26-22(15)27-13-4-5-17(24)16(23)8-13/h2-5,8-10,12,14H,6-7,11H2,1H3,(H,28,29)(H,25,26,27)/b3-2+. The van der Waals surface area contributed by atoms with E-state index in [1.807, 2.05) is 0 Å². The molecule has 2 aromatic carbocycles. The first-order chi connectivity index (χ1) is 15.0. The maximum atomic E-state index is 13.5. The molecule has 1 fully saturated rings. The Balaban J connectivity index is 1.74.